The maximum Gasteiger partial charge on any atom is 0.236 e. The molecule has 1 aromatic heterocycles. The van der Waals surface area contributed by atoms with Gasteiger partial charge < -0.3 is 15.1 Å². The smallest absolute Gasteiger partial charge is 0.236 e. The van der Waals surface area contributed by atoms with Crippen LogP contribution >= 0.6 is 0 Å². The molecule has 8 nitrogen and oxygen atoms in total. The molecule has 0 aromatic carbocycles. The van der Waals surface area contributed by atoms with Crippen LogP contribution in [0.25, 0.3) is 0 Å². The van der Waals surface area contributed by atoms with E-state index in [1.54, 1.807) is 6.92 Å². The summed E-state index contributed by atoms with van der Waals surface area (Å²) in [7, 11) is 1.90. The number of hydrogen-bond donors (Lipinski definition) is 1. The number of rotatable bonds is 4. The molecular weight excluding hydrogens is 392 g/mol. The SMILES string of the molecule is CNc1nc([C@@H]2CCCN(C(C)=O)C2)nc2c1CN(CC(=O)N1CCC(C)CC1)CC2. The summed E-state index contributed by atoms with van der Waals surface area (Å²) in [6.07, 6.45) is 5.05. The number of anilines is 1. The van der Waals surface area contributed by atoms with Crippen LogP contribution in [0, 0.1) is 5.92 Å². The number of hydrogen-bond acceptors (Lipinski definition) is 6. The highest BCUT2D eigenvalue weighted by atomic mass is 16.2. The first-order chi connectivity index (χ1) is 14.9. The van der Waals surface area contributed by atoms with Crippen molar-refractivity contribution in [1.29, 1.82) is 0 Å². The Hall–Kier alpha value is -2.22. The second kappa shape index (κ2) is 9.51. The summed E-state index contributed by atoms with van der Waals surface area (Å²) in [4.78, 5) is 40.6. The van der Waals surface area contributed by atoms with Crippen molar-refractivity contribution in [3.63, 3.8) is 0 Å². The third kappa shape index (κ3) is 5.00. The minimum absolute atomic E-state index is 0.125. The summed E-state index contributed by atoms with van der Waals surface area (Å²) >= 11 is 0. The minimum atomic E-state index is 0.125. The molecule has 2 amide bonds. The Morgan fingerprint density at radius 2 is 1.84 bits per heavy atom. The third-order valence-electron chi connectivity index (χ3n) is 7.12. The highest BCUT2D eigenvalue weighted by Crippen LogP contribution is 2.30. The van der Waals surface area contributed by atoms with E-state index in [2.05, 4.69) is 17.1 Å². The monoisotopic (exact) mass is 428 g/mol. The van der Waals surface area contributed by atoms with Gasteiger partial charge in [-0.3, -0.25) is 14.5 Å². The Morgan fingerprint density at radius 3 is 2.55 bits per heavy atom. The Kier molecular flexibility index (Phi) is 6.74. The molecule has 4 heterocycles. The Morgan fingerprint density at radius 1 is 1.06 bits per heavy atom. The number of amides is 2. The molecule has 170 valence electrons. The van der Waals surface area contributed by atoms with E-state index in [1.807, 2.05) is 16.8 Å². The molecule has 2 fully saturated rings. The summed E-state index contributed by atoms with van der Waals surface area (Å²) in [5.41, 5.74) is 2.20. The van der Waals surface area contributed by atoms with E-state index in [0.717, 1.165) is 87.1 Å². The lowest BCUT2D eigenvalue weighted by Crippen LogP contribution is -2.45. The van der Waals surface area contributed by atoms with E-state index in [0.29, 0.717) is 19.6 Å². The number of carbonyl (C=O) groups is 2. The van der Waals surface area contributed by atoms with Gasteiger partial charge in [0.1, 0.15) is 11.6 Å². The van der Waals surface area contributed by atoms with Crippen molar-refractivity contribution in [3.8, 4) is 0 Å². The van der Waals surface area contributed by atoms with Crippen LogP contribution in [0.4, 0.5) is 5.82 Å². The second-order valence-corrected chi connectivity index (χ2v) is 9.43. The maximum atomic E-state index is 12.8. The van der Waals surface area contributed by atoms with Crippen LogP contribution in [0.1, 0.15) is 62.5 Å². The van der Waals surface area contributed by atoms with Gasteiger partial charge in [-0.25, -0.2) is 9.97 Å². The van der Waals surface area contributed by atoms with Gasteiger partial charge in [-0.05, 0) is 31.6 Å². The van der Waals surface area contributed by atoms with Crippen LogP contribution in [-0.2, 0) is 22.6 Å². The van der Waals surface area contributed by atoms with Crippen molar-refractivity contribution in [3.05, 3.63) is 17.1 Å². The van der Waals surface area contributed by atoms with Gasteiger partial charge in [0, 0.05) is 71.1 Å². The lowest BCUT2D eigenvalue weighted by atomic mass is 9.96. The first kappa shape index (κ1) is 22.0. The number of carbonyl (C=O) groups excluding carboxylic acids is 2. The number of fused-ring (bicyclic) bond motifs is 1. The second-order valence-electron chi connectivity index (χ2n) is 9.43. The molecule has 1 N–H and O–H groups in total. The topological polar surface area (TPSA) is 81.7 Å². The average Bonchev–Trinajstić information content (AvgIpc) is 2.78. The Labute approximate surface area is 185 Å². The van der Waals surface area contributed by atoms with Gasteiger partial charge in [0.05, 0.1) is 12.2 Å². The van der Waals surface area contributed by atoms with Crippen molar-refractivity contribution < 1.29 is 9.59 Å². The van der Waals surface area contributed by atoms with Crippen LogP contribution in [0.2, 0.25) is 0 Å². The van der Waals surface area contributed by atoms with Crippen LogP contribution in [0.15, 0.2) is 0 Å². The molecule has 0 radical (unpaired) electrons. The van der Waals surface area contributed by atoms with E-state index in [1.165, 1.54) is 0 Å². The number of piperidine rings is 2. The molecule has 0 saturated carbocycles. The normalized spacial score (nSPS) is 22.9. The highest BCUT2D eigenvalue weighted by molar-refractivity contribution is 5.78. The standard InChI is InChI=1S/C23H36N6O2/c1-16-6-11-28(12-7-16)21(31)15-27-10-8-20-19(14-27)23(24-3)26-22(25-20)18-5-4-9-29(13-18)17(2)30/h16,18H,4-15H2,1-3H3,(H,24,25,26)/t18-/m1/s1. The van der Waals surface area contributed by atoms with Crippen molar-refractivity contribution in [1.82, 2.24) is 24.7 Å². The molecule has 4 rings (SSSR count). The van der Waals surface area contributed by atoms with E-state index in [-0.39, 0.29) is 17.7 Å². The predicted molar refractivity (Wildman–Crippen MR) is 120 cm³/mol. The Bertz CT molecular complexity index is 803. The van der Waals surface area contributed by atoms with Gasteiger partial charge in [0.2, 0.25) is 11.8 Å². The third-order valence-corrected chi connectivity index (χ3v) is 7.12. The van der Waals surface area contributed by atoms with Gasteiger partial charge in [0.15, 0.2) is 0 Å². The average molecular weight is 429 g/mol. The molecule has 1 atom stereocenters. The quantitative estimate of drug-likeness (QED) is 0.788. The van der Waals surface area contributed by atoms with E-state index in [9.17, 15) is 9.59 Å². The number of aromatic nitrogens is 2. The van der Waals surface area contributed by atoms with E-state index >= 15 is 0 Å². The number of nitrogens with one attached hydrogen (secondary N) is 1. The van der Waals surface area contributed by atoms with Crippen molar-refractivity contribution in [2.45, 2.75) is 58.4 Å². The van der Waals surface area contributed by atoms with Gasteiger partial charge in [-0.1, -0.05) is 6.92 Å². The van der Waals surface area contributed by atoms with Gasteiger partial charge in [-0.2, -0.15) is 0 Å². The molecule has 3 aliphatic heterocycles. The number of likely N-dealkylation sites (tertiary alicyclic amines) is 2. The summed E-state index contributed by atoms with van der Waals surface area (Å²) in [5.74, 6) is 2.99. The zero-order valence-electron chi connectivity index (χ0n) is 19.2. The lowest BCUT2D eigenvalue weighted by Gasteiger charge is -2.35. The maximum absolute atomic E-state index is 12.8. The van der Waals surface area contributed by atoms with Gasteiger partial charge in [-0.15, -0.1) is 0 Å². The van der Waals surface area contributed by atoms with Crippen molar-refractivity contribution in [2.75, 3.05) is 51.6 Å². The van der Waals surface area contributed by atoms with E-state index < -0.39 is 0 Å². The van der Waals surface area contributed by atoms with Crippen LogP contribution < -0.4 is 5.32 Å². The zero-order chi connectivity index (χ0) is 22.0. The van der Waals surface area contributed by atoms with Crippen molar-refractivity contribution in [2.24, 2.45) is 5.92 Å². The molecule has 0 aliphatic carbocycles. The molecule has 0 spiro atoms. The molecule has 2 saturated heterocycles. The fourth-order valence-corrected chi connectivity index (χ4v) is 5.04. The predicted octanol–water partition coefficient (Wildman–Crippen LogP) is 1.86. The summed E-state index contributed by atoms with van der Waals surface area (Å²) in [6, 6.07) is 0. The summed E-state index contributed by atoms with van der Waals surface area (Å²) in [5, 5.41) is 3.26. The summed E-state index contributed by atoms with van der Waals surface area (Å²) < 4.78 is 0. The lowest BCUT2D eigenvalue weighted by molar-refractivity contribution is -0.134. The molecule has 0 bridgehead atoms. The van der Waals surface area contributed by atoms with Gasteiger partial charge >= 0.3 is 0 Å². The fourth-order valence-electron chi connectivity index (χ4n) is 5.04. The zero-order valence-corrected chi connectivity index (χ0v) is 19.2. The van der Waals surface area contributed by atoms with Crippen LogP contribution in [0.5, 0.6) is 0 Å². The molecule has 31 heavy (non-hydrogen) atoms. The molecule has 8 heteroatoms. The van der Waals surface area contributed by atoms with Crippen LogP contribution in [0.3, 0.4) is 0 Å². The molecular formula is C23H36N6O2. The number of nitrogens with zero attached hydrogens (tertiary/aromatic N) is 5. The summed E-state index contributed by atoms with van der Waals surface area (Å²) in [6.45, 7) is 9.21. The van der Waals surface area contributed by atoms with Crippen LogP contribution in [-0.4, -0.2) is 82.8 Å². The molecule has 3 aliphatic rings. The molecule has 1 aromatic rings. The first-order valence-electron chi connectivity index (χ1n) is 11.8. The van der Waals surface area contributed by atoms with Crippen molar-refractivity contribution >= 4 is 17.6 Å². The largest absolute Gasteiger partial charge is 0.373 e. The minimum Gasteiger partial charge on any atom is -0.373 e. The fraction of sp³-hybridized carbons (Fsp3) is 0.739. The Balaban J connectivity index is 1.44. The molecule has 0 unspecified atom stereocenters. The highest BCUT2D eigenvalue weighted by Gasteiger charge is 2.30. The van der Waals surface area contributed by atoms with E-state index in [4.69, 9.17) is 9.97 Å². The van der Waals surface area contributed by atoms with Gasteiger partial charge in [0.25, 0.3) is 0 Å². The first-order valence-corrected chi connectivity index (χ1v) is 11.8.